The van der Waals surface area contributed by atoms with Gasteiger partial charge in [-0.25, -0.2) is 5.43 Å². The zero-order valence-corrected chi connectivity index (χ0v) is 11.7. The predicted molar refractivity (Wildman–Crippen MR) is 70.6 cm³/mol. The van der Waals surface area contributed by atoms with E-state index in [4.69, 9.17) is 17.4 Å². The van der Waals surface area contributed by atoms with Gasteiger partial charge < -0.3 is 21.7 Å². The van der Waals surface area contributed by atoms with Crippen LogP contribution in [0.4, 0.5) is 0 Å². The summed E-state index contributed by atoms with van der Waals surface area (Å²) in [5.74, 6) is -4.28. The van der Waals surface area contributed by atoms with Crippen molar-refractivity contribution in [2.24, 2.45) is 11.5 Å². The first-order valence-electron chi connectivity index (χ1n) is 6.62. The van der Waals surface area contributed by atoms with E-state index in [9.17, 15) is 19.2 Å². The number of carboxylic acid groups (broad SMARTS) is 2. The van der Waals surface area contributed by atoms with Gasteiger partial charge in [0.2, 0.25) is 5.91 Å². The SMILES string of the molecule is [2H]N[C@@H](C)C(=O)N(N[C@@H](C)C(=O)O)[C@@H](CCC(=O)O)C(N)=O. The van der Waals surface area contributed by atoms with Gasteiger partial charge in [-0.2, -0.15) is 0 Å². The standard InChI is InChI=1S/C11H20N4O6/c1-5(12)10(19)15(14-6(2)11(20)21)7(9(13)18)3-4-8(16)17/h5-7,14H,3-4,12H2,1-2H3,(H2,13,18)(H,16,17)(H,20,21)/t5-,6-,7-/m0/s1/i/hD. The van der Waals surface area contributed by atoms with Crippen molar-refractivity contribution >= 4 is 23.8 Å². The summed E-state index contributed by atoms with van der Waals surface area (Å²) in [6, 6.07) is -3.64. The Morgan fingerprint density at radius 2 is 1.86 bits per heavy atom. The van der Waals surface area contributed by atoms with Crippen molar-refractivity contribution in [3.63, 3.8) is 0 Å². The first kappa shape index (κ1) is 16.9. The second-order valence-electron chi connectivity index (χ2n) is 4.47. The summed E-state index contributed by atoms with van der Waals surface area (Å²) in [5.41, 5.74) is 9.39. The maximum Gasteiger partial charge on any atom is 0.322 e. The van der Waals surface area contributed by atoms with Crippen LogP contribution in [-0.4, -0.2) is 57.1 Å². The number of hydrazine groups is 1. The fraction of sp³-hybridized carbons (Fsp3) is 0.636. The molecule has 0 heterocycles. The number of primary amides is 1. The van der Waals surface area contributed by atoms with E-state index in [-0.39, 0.29) is 6.42 Å². The Kier molecular flexibility index (Phi) is 6.56. The van der Waals surface area contributed by atoms with Crippen LogP contribution < -0.4 is 16.9 Å². The van der Waals surface area contributed by atoms with Gasteiger partial charge in [-0.3, -0.25) is 24.2 Å². The molecule has 0 radical (unpaired) electrons. The Labute approximate surface area is 122 Å². The van der Waals surface area contributed by atoms with E-state index in [1.807, 2.05) is 5.73 Å². The summed E-state index contributed by atoms with van der Waals surface area (Å²) in [6.07, 6.45) is -0.732. The van der Waals surface area contributed by atoms with Gasteiger partial charge in [0.25, 0.3) is 5.91 Å². The second kappa shape index (κ2) is 8.17. The molecule has 0 aliphatic heterocycles. The number of nitrogens with two attached hydrogens (primary N) is 2. The number of carbonyl (C=O) groups excluding carboxylic acids is 2. The summed E-state index contributed by atoms with van der Waals surface area (Å²) in [4.78, 5) is 45.2. The summed E-state index contributed by atoms with van der Waals surface area (Å²) < 4.78 is 6.97. The molecule has 0 spiro atoms. The van der Waals surface area contributed by atoms with E-state index in [2.05, 4.69) is 5.43 Å². The molecule has 0 fully saturated rings. The van der Waals surface area contributed by atoms with Gasteiger partial charge in [0, 0.05) is 6.42 Å². The highest BCUT2D eigenvalue weighted by molar-refractivity contribution is 5.89. The molecule has 0 unspecified atom stereocenters. The number of nitrogens with one attached hydrogen (secondary N) is 1. The minimum Gasteiger partial charge on any atom is -0.481 e. The Balaban J connectivity index is 5.37. The van der Waals surface area contributed by atoms with Crippen LogP contribution in [0.2, 0.25) is 1.41 Å². The van der Waals surface area contributed by atoms with Gasteiger partial charge in [0.15, 0.2) is 0 Å². The molecule has 10 nitrogen and oxygen atoms in total. The number of carboxylic acids is 2. The van der Waals surface area contributed by atoms with Crippen LogP contribution in [0, 0.1) is 0 Å². The van der Waals surface area contributed by atoms with E-state index >= 15 is 0 Å². The molecular formula is C11H20N4O6. The molecule has 0 aliphatic carbocycles. The summed E-state index contributed by atoms with van der Waals surface area (Å²) in [5, 5.41) is 18.2. The lowest BCUT2D eigenvalue weighted by atomic mass is 10.1. The number of rotatable bonds is 10. The quantitative estimate of drug-likeness (QED) is 0.284. The lowest BCUT2D eigenvalue weighted by molar-refractivity contribution is -0.151. The first-order valence-corrected chi connectivity index (χ1v) is 6.12. The highest BCUT2D eigenvalue weighted by Gasteiger charge is 2.32. The molecule has 3 atom stereocenters. The Hall–Kier alpha value is -2.20. The zero-order valence-electron chi connectivity index (χ0n) is 12.7. The van der Waals surface area contributed by atoms with Crippen molar-refractivity contribution < 1.29 is 30.8 Å². The van der Waals surface area contributed by atoms with Crippen LogP contribution in [0.15, 0.2) is 0 Å². The summed E-state index contributed by atoms with van der Waals surface area (Å²) in [7, 11) is 0. The fourth-order valence-corrected chi connectivity index (χ4v) is 1.44. The van der Waals surface area contributed by atoms with E-state index < -0.39 is 48.3 Å². The molecule has 0 aliphatic rings. The monoisotopic (exact) mass is 305 g/mol. The van der Waals surface area contributed by atoms with E-state index in [1.54, 1.807) is 0 Å². The molecule has 120 valence electrons. The van der Waals surface area contributed by atoms with Gasteiger partial charge >= 0.3 is 11.9 Å². The molecule has 0 saturated carbocycles. The highest BCUT2D eigenvalue weighted by Crippen LogP contribution is 2.08. The molecule has 21 heavy (non-hydrogen) atoms. The number of carbonyl (C=O) groups is 4. The number of hydrogen-bond acceptors (Lipinski definition) is 6. The number of aliphatic carboxylic acids is 2. The number of hydrogen-bond donors (Lipinski definition) is 5. The molecule has 0 aromatic rings. The maximum atomic E-state index is 12.2. The predicted octanol–water partition coefficient (Wildman–Crippen LogP) is -2.14. The second-order valence-corrected chi connectivity index (χ2v) is 4.47. The first-order chi connectivity index (χ1) is 10.1. The van der Waals surface area contributed by atoms with E-state index in [0.29, 0.717) is 5.01 Å². The van der Waals surface area contributed by atoms with Crippen LogP contribution >= 0.6 is 0 Å². The number of nitrogens with zero attached hydrogens (tertiary/aromatic N) is 1. The van der Waals surface area contributed by atoms with Crippen LogP contribution in [-0.2, 0) is 19.2 Å². The van der Waals surface area contributed by atoms with Gasteiger partial charge in [0.1, 0.15) is 13.5 Å². The minimum atomic E-state index is -1.36. The zero-order chi connectivity index (χ0) is 17.4. The molecule has 0 aromatic heterocycles. The normalized spacial score (nSPS) is 15.4. The Morgan fingerprint density at radius 1 is 1.29 bits per heavy atom. The topological polar surface area (TPSA) is 176 Å². The largest absolute Gasteiger partial charge is 0.481 e. The molecule has 2 amide bonds. The van der Waals surface area contributed by atoms with Gasteiger partial charge in [-0.1, -0.05) is 0 Å². The minimum absolute atomic E-state index is 0.291. The van der Waals surface area contributed by atoms with Crippen molar-refractivity contribution in [2.75, 3.05) is 0 Å². The third kappa shape index (κ3) is 6.19. The van der Waals surface area contributed by atoms with E-state index in [1.165, 1.54) is 13.8 Å². The average molecular weight is 305 g/mol. The Bertz CT molecular complexity index is 446. The summed E-state index contributed by atoms with van der Waals surface area (Å²) >= 11 is 0. The summed E-state index contributed by atoms with van der Waals surface area (Å²) in [6.45, 7) is 2.56. The smallest absolute Gasteiger partial charge is 0.322 e. The van der Waals surface area contributed by atoms with Crippen LogP contribution in [0.25, 0.3) is 0 Å². The molecule has 0 bridgehead atoms. The lowest BCUT2D eigenvalue weighted by Crippen LogP contribution is -2.61. The molecule has 0 aromatic carbocycles. The Morgan fingerprint density at radius 3 is 2.24 bits per heavy atom. The van der Waals surface area contributed by atoms with Crippen molar-refractivity contribution in [1.82, 2.24) is 10.4 Å². The van der Waals surface area contributed by atoms with Crippen molar-refractivity contribution in [3.05, 3.63) is 0 Å². The van der Waals surface area contributed by atoms with Crippen molar-refractivity contribution in [2.45, 2.75) is 44.8 Å². The average Bonchev–Trinajstić information content (AvgIpc) is 2.43. The molecule has 10 heteroatoms. The molecule has 0 rings (SSSR count). The molecule has 7 N–H and O–H groups in total. The van der Waals surface area contributed by atoms with Crippen molar-refractivity contribution in [1.29, 1.82) is 0 Å². The highest BCUT2D eigenvalue weighted by atomic mass is 16.4. The van der Waals surface area contributed by atoms with Gasteiger partial charge in [0.05, 0.1) is 6.04 Å². The number of amides is 2. The van der Waals surface area contributed by atoms with E-state index in [0.717, 1.165) is 0 Å². The van der Waals surface area contributed by atoms with Crippen LogP contribution in [0.1, 0.15) is 26.7 Å². The van der Waals surface area contributed by atoms with Gasteiger partial charge in [-0.05, 0) is 20.3 Å². The van der Waals surface area contributed by atoms with Crippen LogP contribution in [0.3, 0.4) is 0 Å². The lowest BCUT2D eigenvalue weighted by Gasteiger charge is -2.32. The molecule has 0 saturated heterocycles. The fourth-order valence-electron chi connectivity index (χ4n) is 1.44. The third-order valence-corrected chi connectivity index (χ3v) is 2.58. The van der Waals surface area contributed by atoms with Gasteiger partial charge in [-0.15, -0.1) is 0 Å². The van der Waals surface area contributed by atoms with Crippen molar-refractivity contribution in [3.8, 4) is 0 Å². The van der Waals surface area contributed by atoms with Crippen LogP contribution in [0.5, 0.6) is 0 Å². The third-order valence-electron chi connectivity index (χ3n) is 2.58. The molecular weight excluding hydrogens is 284 g/mol. The maximum absolute atomic E-state index is 12.2.